The number of nitrogens with one attached hydrogen (secondary N) is 1. The minimum absolute atomic E-state index is 0.215. The molecule has 0 aliphatic carbocycles. The van der Waals surface area contributed by atoms with E-state index in [4.69, 9.17) is 0 Å². The topological polar surface area (TPSA) is 81.0 Å². The molecule has 2 aromatic rings. The molecule has 2 aromatic heterocycles. The predicted octanol–water partition coefficient (Wildman–Crippen LogP) is 3.11. The third-order valence-corrected chi connectivity index (χ3v) is 2.71. The second-order valence-corrected chi connectivity index (χ2v) is 3.99. The van der Waals surface area contributed by atoms with E-state index in [9.17, 15) is 23.3 Å². The number of hydrogen-bond acceptors (Lipinski definition) is 5. The van der Waals surface area contributed by atoms with Gasteiger partial charge in [-0.25, -0.2) is 4.98 Å². The number of nitrogens with zero attached hydrogens (tertiary/aromatic N) is 3. The number of hydrogen-bond donors (Lipinski definition) is 1. The summed E-state index contributed by atoms with van der Waals surface area (Å²) in [6, 6.07) is 3.17. The van der Waals surface area contributed by atoms with Gasteiger partial charge in [-0.2, -0.15) is 13.2 Å². The molecule has 0 bridgehead atoms. The van der Waals surface area contributed by atoms with Crippen molar-refractivity contribution in [3.05, 3.63) is 46.3 Å². The van der Waals surface area contributed by atoms with E-state index in [0.29, 0.717) is 0 Å². The number of nitro groups is 1. The van der Waals surface area contributed by atoms with Crippen LogP contribution in [-0.4, -0.2) is 21.9 Å². The van der Waals surface area contributed by atoms with Crippen molar-refractivity contribution in [1.82, 2.24) is 9.97 Å². The maximum atomic E-state index is 13.0. The van der Waals surface area contributed by atoms with E-state index in [-0.39, 0.29) is 11.5 Å². The van der Waals surface area contributed by atoms with E-state index in [2.05, 4.69) is 15.3 Å². The van der Waals surface area contributed by atoms with Crippen LogP contribution in [0.2, 0.25) is 0 Å². The molecule has 1 N–H and O–H groups in total. The van der Waals surface area contributed by atoms with E-state index < -0.39 is 27.9 Å². The Bertz CT molecular complexity index is 688. The van der Waals surface area contributed by atoms with Crippen LogP contribution in [0.1, 0.15) is 5.56 Å². The molecule has 110 valence electrons. The van der Waals surface area contributed by atoms with Crippen molar-refractivity contribution < 1.29 is 18.1 Å². The highest BCUT2D eigenvalue weighted by atomic mass is 19.4. The summed E-state index contributed by atoms with van der Waals surface area (Å²) in [5.41, 5.74) is -2.37. The van der Waals surface area contributed by atoms with Gasteiger partial charge in [0.1, 0.15) is 5.82 Å². The molecule has 0 radical (unpaired) electrons. The van der Waals surface area contributed by atoms with Gasteiger partial charge in [-0.1, -0.05) is 0 Å². The Balaban J connectivity index is 2.75. The summed E-state index contributed by atoms with van der Waals surface area (Å²) in [5, 5.41) is 13.6. The van der Waals surface area contributed by atoms with Crippen LogP contribution in [0, 0.1) is 10.1 Å². The molecule has 9 heteroatoms. The van der Waals surface area contributed by atoms with Crippen molar-refractivity contribution in [3.63, 3.8) is 0 Å². The van der Waals surface area contributed by atoms with Crippen molar-refractivity contribution in [2.24, 2.45) is 0 Å². The van der Waals surface area contributed by atoms with Gasteiger partial charge in [-0.05, 0) is 12.1 Å². The van der Waals surface area contributed by atoms with Gasteiger partial charge in [0, 0.05) is 31.1 Å². The molecule has 0 saturated heterocycles. The summed E-state index contributed by atoms with van der Waals surface area (Å²) in [4.78, 5) is 17.7. The Labute approximate surface area is 116 Å². The Hall–Kier alpha value is -2.71. The fourth-order valence-corrected chi connectivity index (χ4v) is 1.77. The highest BCUT2D eigenvalue weighted by Gasteiger charge is 2.35. The van der Waals surface area contributed by atoms with Crippen LogP contribution in [0.3, 0.4) is 0 Å². The molecule has 0 fully saturated rings. The monoisotopic (exact) mass is 298 g/mol. The van der Waals surface area contributed by atoms with Gasteiger partial charge in [-0.3, -0.25) is 15.1 Å². The van der Waals surface area contributed by atoms with E-state index in [1.54, 1.807) is 0 Å². The second-order valence-electron chi connectivity index (χ2n) is 3.99. The van der Waals surface area contributed by atoms with Crippen molar-refractivity contribution in [2.45, 2.75) is 6.18 Å². The number of alkyl halides is 3. The minimum atomic E-state index is -4.66. The lowest BCUT2D eigenvalue weighted by molar-refractivity contribution is -0.384. The number of rotatable bonds is 3. The molecular formula is C12H9F3N4O2. The van der Waals surface area contributed by atoms with Gasteiger partial charge in [0.05, 0.1) is 10.5 Å². The van der Waals surface area contributed by atoms with E-state index in [1.807, 2.05) is 0 Å². The molecule has 2 rings (SSSR count). The first-order chi connectivity index (χ1) is 9.84. The van der Waals surface area contributed by atoms with Crippen molar-refractivity contribution >= 4 is 11.5 Å². The first-order valence-corrected chi connectivity index (χ1v) is 5.69. The van der Waals surface area contributed by atoms with Crippen LogP contribution < -0.4 is 5.32 Å². The number of pyridine rings is 2. The first-order valence-electron chi connectivity index (χ1n) is 5.69. The van der Waals surface area contributed by atoms with Gasteiger partial charge in [0.15, 0.2) is 5.69 Å². The zero-order chi connectivity index (χ0) is 15.6. The minimum Gasteiger partial charge on any atom is -0.373 e. The number of anilines is 1. The van der Waals surface area contributed by atoms with Crippen LogP contribution in [0.5, 0.6) is 0 Å². The lowest BCUT2D eigenvalue weighted by atomic mass is 10.1. The molecule has 0 aliphatic heterocycles. The predicted molar refractivity (Wildman–Crippen MR) is 68.7 cm³/mol. The molecule has 0 unspecified atom stereocenters. The summed E-state index contributed by atoms with van der Waals surface area (Å²) in [7, 11) is 1.51. The van der Waals surface area contributed by atoms with Gasteiger partial charge in [-0.15, -0.1) is 0 Å². The molecule has 2 heterocycles. The van der Waals surface area contributed by atoms with Crippen LogP contribution in [0.25, 0.3) is 11.3 Å². The summed E-state index contributed by atoms with van der Waals surface area (Å²) < 4.78 is 39.0. The first kappa shape index (κ1) is 14.7. The highest BCUT2D eigenvalue weighted by molar-refractivity contribution is 5.73. The molecule has 0 saturated carbocycles. The average Bonchev–Trinajstić information content (AvgIpc) is 2.45. The molecular weight excluding hydrogens is 289 g/mol. The molecule has 0 aromatic carbocycles. The van der Waals surface area contributed by atoms with Crippen LogP contribution in [0.15, 0.2) is 30.6 Å². The van der Waals surface area contributed by atoms with E-state index in [1.165, 1.54) is 13.1 Å². The Morgan fingerprint density at radius 1 is 1.29 bits per heavy atom. The standard InChI is InChI=1S/C12H9F3N4O2/c1-16-10-3-2-9(19(20)21)11(18-10)7-6-17-5-4-8(7)12(13,14)15/h2-6H,1H3,(H,16,18). The highest BCUT2D eigenvalue weighted by Crippen LogP contribution is 2.39. The second kappa shape index (κ2) is 5.35. The quantitative estimate of drug-likeness (QED) is 0.695. The Morgan fingerprint density at radius 2 is 2.00 bits per heavy atom. The smallest absolute Gasteiger partial charge is 0.373 e. The SMILES string of the molecule is CNc1ccc([N+](=O)[O-])c(-c2cnccc2C(F)(F)F)n1. The van der Waals surface area contributed by atoms with Gasteiger partial charge in [0.2, 0.25) is 0 Å². The summed E-state index contributed by atoms with van der Waals surface area (Å²) in [6.45, 7) is 0. The van der Waals surface area contributed by atoms with Crippen molar-refractivity contribution in [2.75, 3.05) is 12.4 Å². The van der Waals surface area contributed by atoms with Gasteiger partial charge < -0.3 is 5.32 Å². The van der Waals surface area contributed by atoms with Crippen LogP contribution in [0.4, 0.5) is 24.7 Å². The fourth-order valence-electron chi connectivity index (χ4n) is 1.77. The molecule has 0 spiro atoms. The lowest BCUT2D eigenvalue weighted by Gasteiger charge is -2.12. The Kier molecular flexibility index (Phi) is 3.74. The third kappa shape index (κ3) is 2.91. The van der Waals surface area contributed by atoms with E-state index in [0.717, 1.165) is 24.5 Å². The van der Waals surface area contributed by atoms with Crippen molar-refractivity contribution in [1.29, 1.82) is 0 Å². The maximum Gasteiger partial charge on any atom is 0.417 e. The van der Waals surface area contributed by atoms with Crippen LogP contribution in [-0.2, 0) is 6.18 Å². The molecule has 21 heavy (non-hydrogen) atoms. The Morgan fingerprint density at radius 3 is 2.57 bits per heavy atom. The van der Waals surface area contributed by atoms with Crippen LogP contribution >= 0.6 is 0 Å². The molecule has 0 amide bonds. The number of halogens is 3. The number of aromatic nitrogens is 2. The van der Waals surface area contributed by atoms with Gasteiger partial charge in [0.25, 0.3) is 5.69 Å². The molecule has 6 nitrogen and oxygen atoms in total. The van der Waals surface area contributed by atoms with Gasteiger partial charge >= 0.3 is 6.18 Å². The molecule has 0 atom stereocenters. The summed E-state index contributed by atoms with van der Waals surface area (Å²) >= 11 is 0. The normalized spacial score (nSPS) is 11.2. The summed E-state index contributed by atoms with van der Waals surface area (Å²) in [6.07, 6.45) is -2.78. The molecule has 0 aliphatic rings. The largest absolute Gasteiger partial charge is 0.417 e. The lowest BCUT2D eigenvalue weighted by Crippen LogP contribution is -2.09. The van der Waals surface area contributed by atoms with Crippen molar-refractivity contribution in [3.8, 4) is 11.3 Å². The zero-order valence-electron chi connectivity index (χ0n) is 10.7. The maximum absolute atomic E-state index is 13.0. The fraction of sp³-hybridized carbons (Fsp3) is 0.167. The summed E-state index contributed by atoms with van der Waals surface area (Å²) in [5.74, 6) is 0.215. The third-order valence-electron chi connectivity index (χ3n) is 2.71. The zero-order valence-corrected chi connectivity index (χ0v) is 10.7. The van der Waals surface area contributed by atoms with E-state index >= 15 is 0 Å². The average molecular weight is 298 g/mol.